The Kier molecular flexibility index (Phi) is 12.2. The summed E-state index contributed by atoms with van der Waals surface area (Å²) in [5.74, 6) is -0.511. The van der Waals surface area contributed by atoms with Crippen molar-refractivity contribution < 1.29 is 23.9 Å². The minimum absolute atomic E-state index is 0.0352. The molecule has 1 aliphatic heterocycles. The summed E-state index contributed by atoms with van der Waals surface area (Å²) in [6, 6.07) is 23.5. The highest BCUT2D eigenvalue weighted by atomic mass is 35.5. The van der Waals surface area contributed by atoms with Crippen molar-refractivity contribution >= 4 is 69.3 Å². The number of carbonyl (C=O) groups excluding carboxylic acids is 3. The fraction of sp³-hybridized carbons (Fsp3) is 0.225. The fourth-order valence-corrected chi connectivity index (χ4v) is 6.41. The Hall–Kier alpha value is -5.49. The number of para-hydroxylation sites is 1. The van der Waals surface area contributed by atoms with Crippen LogP contribution in [0.5, 0.6) is 5.75 Å². The van der Waals surface area contributed by atoms with Gasteiger partial charge in [0, 0.05) is 65.3 Å². The lowest BCUT2D eigenvalue weighted by Crippen LogP contribution is -2.37. The Morgan fingerprint density at radius 3 is 2.53 bits per heavy atom. The van der Waals surface area contributed by atoms with Crippen LogP contribution in [-0.2, 0) is 27.5 Å². The van der Waals surface area contributed by atoms with Crippen molar-refractivity contribution in [3.05, 3.63) is 129 Å². The molecule has 2 aromatic heterocycles. The average molecular weight is 754 g/mol. The van der Waals surface area contributed by atoms with E-state index in [9.17, 15) is 14.4 Å². The van der Waals surface area contributed by atoms with Gasteiger partial charge in [-0.05, 0) is 67.1 Å². The van der Waals surface area contributed by atoms with E-state index in [1.807, 2.05) is 43.3 Å². The normalized spacial score (nSPS) is 12.9. The van der Waals surface area contributed by atoms with E-state index < -0.39 is 11.8 Å². The maximum absolute atomic E-state index is 13.1. The Morgan fingerprint density at radius 2 is 1.77 bits per heavy atom. The Labute approximate surface area is 317 Å². The van der Waals surface area contributed by atoms with Crippen LogP contribution in [0.4, 0.5) is 11.4 Å². The topological polar surface area (TPSA) is 126 Å². The van der Waals surface area contributed by atoms with Gasteiger partial charge in [-0.25, -0.2) is 4.98 Å². The second kappa shape index (κ2) is 17.4. The zero-order valence-electron chi connectivity index (χ0n) is 29.3. The first-order valence-electron chi connectivity index (χ1n) is 17.0. The van der Waals surface area contributed by atoms with Crippen LogP contribution >= 0.6 is 23.2 Å². The molecule has 0 spiro atoms. The summed E-state index contributed by atoms with van der Waals surface area (Å²) in [6.07, 6.45) is 4.59. The van der Waals surface area contributed by atoms with Gasteiger partial charge in [0.1, 0.15) is 17.9 Å². The van der Waals surface area contributed by atoms with Crippen LogP contribution in [0.3, 0.4) is 0 Å². The molecule has 1 aliphatic rings. The molecule has 3 heterocycles. The number of nitrogens with one attached hydrogen (secondary N) is 2. The van der Waals surface area contributed by atoms with Crippen molar-refractivity contribution in [1.29, 1.82) is 0 Å². The summed E-state index contributed by atoms with van der Waals surface area (Å²) in [4.78, 5) is 50.8. The standard InChI is InChI=1S/C40H38Cl2N6O5/c1-26-22-34(48-18-20-52-21-19-48)30-7-5-8-35(39(30)46-26)53-25-31-32(41)14-15-33(38(31)42)47(2)37(50)24-44-36(49)16-11-27-9-12-28(13-10-27)40(51)45-23-29-6-3-4-17-43-29/h3-17,22H,18-21,23-25H2,1-2H3,(H,44,49)(H,45,51)/b16-11+. The van der Waals surface area contributed by atoms with Crippen molar-refractivity contribution in [1.82, 2.24) is 20.6 Å². The number of fused-ring (bicyclic) bond motifs is 1. The van der Waals surface area contributed by atoms with E-state index in [1.54, 1.807) is 55.7 Å². The highest BCUT2D eigenvalue weighted by Gasteiger charge is 2.21. The number of anilines is 2. The van der Waals surface area contributed by atoms with Gasteiger partial charge in [-0.1, -0.05) is 53.5 Å². The van der Waals surface area contributed by atoms with Gasteiger partial charge >= 0.3 is 0 Å². The molecule has 0 aliphatic carbocycles. The molecule has 11 nitrogen and oxygen atoms in total. The number of aromatic nitrogens is 2. The van der Waals surface area contributed by atoms with E-state index in [-0.39, 0.29) is 24.1 Å². The molecule has 6 rings (SSSR count). The van der Waals surface area contributed by atoms with Crippen LogP contribution in [0.2, 0.25) is 10.0 Å². The molecule has 2 N–H and O–H groups in total. The third kappa shape index (κ3) is 9.31. The number of rotatable bonds is 12. The molecule has 0 saturated carbocycles. The lowest BCUT2D eigenvalue weighted by atomic mass is 10.1. The lowest BCUT2D eigenvalue weighted by Gasteiger charge is -2.30. The number of halogens is 2. The second-order valence-electron chi connectivity index (χ2n) is 12.3. The molecule has 1 saturated heterocycles. The molecule has 1 fully saturated rings. The largest absolute Gasteiger partial charge is 0.487 e. The number of hydrogen-bond acceptors (Lipinski definition) is 8. The number of aryl methyl sites for hydroxylation is 1. The fourth-order valence-electron chi connectivity index (χ4n) is 5.81. The average Bonchev–Trinajstić information content (AvgIpc) is 3.18. The minimum Gasteiger partial charge on any atom is -0.487 e. The number of morpholine rings is 1. The van der Waals surface area contributed by atoms with Crippen molar-refractivity contribution in [2.75, 3.05) is 49.7 Å². The van der Waals surface area contributed by atoms with Crippen molar-refractivity contribution in [2.45, 2.75) is 20.1 Å². The van der Waals surface area contributed by atoms with Gasteiger partial charge in [0.15, 0.2) is 0 Å². The maximum atomic E-state index is 13.1. The van der Waals surface area contributed by atoms with E-state index >= 15 is 0 Å². The van der Waals surface area contributed by atoms with E-state index in [2.05, 4.69) is 26.6 Å². The van der Waals surface area contributed by atoms with E-state index in [0.29, 0.717) is 52.9 Å². The molecule has 0 bridgehead atoms. The van der Waals surface area contributed by atoms with E-state index in [0.717, 1.165) is 41.1 Å². The SMILES string of the molecule is Cc1cc(N2CCOCC2)c2cccc(OCc3c(Cl)ccc(N(C)C(=O)CNC(=O)/C=C/c4ccc(C(=O)NCc5ccccn5)cc4)c3Cl)c2n1. The van der Waals surface area contributed by atoms with Gasteiger partial charge in [0.25, 0.3) is 5.91 Å². The number of hydrogen-bond donors (Lipinski definition) is 2. The Morgan fingerprint density at radius 1 is 0.981 bits per heavy atom. The van der Waals surface area contributed by atoms with Crippen LogP contribution in [0.25, 0.3) is 17.0 Å². The first kappa shape index (κ1) is 37.3. The summed E-state index contributed by atoms with van der Waals surface area (Å²) in [5, 5.41) is 7.05. The maximum Gasteiger partial charge on any atom is 0.251 e. The smallest absolute Gasteiger partial charge is 0.251 e. The summed E-state index contributed by atoms with van der Waals surface area (Å²) in [6.45, 7) is 4.95. The molecular formula is C40H38Cl2N6O5. The van der Waals surface area contributed by atoms with Gasteiger partial charge in [0.2, 0.25) is 11.8 Å². The predicted octanol–water partition coefficient (Wildman–Crippen LogP) is 6.38. The number of likely N-dealkylation sites (N-methyl/N-ethyl adjacent to an activating group) is 1. The van der Waals surface area contributed by atoms with Crippen LogP contribution in [0.15, 0.2) is 91.1 Å². The van der Waals surface area contributed by atoms with Crippen LogP contribution in [0, 0.1) is 6.92 Å². The highest BCUT2D eigenvalue weighted by Crippen LogP contribution is 2.37. The predicted molar refractivity (Wildman–Crippen MR) is 208 cm³/mol. The molecule has 3 amide bonds. The molecular weight excluding hydrogens is 715 g/mol. The Bertz CT molecular complexity index is 2140. The molecule has 13 heteroatoms. The Balaban J connectivity index is 1.05. The van der Waals surface area contributed by atoms with Gasteiger partial charge in [0.05, 0.1) is 42.7 Å². The third-order valence-electron chi connectivity index (χ3n) is 8.70. The number of pyridine rings is 2. The zero-order chi connectivity index (χ0) is 37.3. The number of benzene rings is 3. The van der Waals surface area contributed by atoms with Crippen LogP contribution in [0.1, 0.15) is 32.9 Å². The molecule has 0 unspecified atom stereocenters. The van der Waals surface area contributed by atoms with Gasteiger partial charge < -0.3 is 29.9 Å². The molecule has 0 radical (unpaired) electrons. The number of nitrogens with zero attached hydrogens (tertiary/aromatic N) is 4. The van der Waals surface area contributed by atoms with Crippen molar-refractivity contribution in [3.63, 3.8) is 0 Å². The van der Waals surface area contributed by atoms with E-state index in [1.165, 1.54) is 11.0 Å². The lowest BCUT2D eigenvalue weighted by molar-refractivity contribution is -0.122. The molecule has 0 atom stereocenters. The van der Waals surface area contributed by atoms with Gasteiger partial charge in [-0.15, -0.1) is 0 Å². The number of carbonyl (C=O) groups is 3. The molecule has 272 valence electrons. The highest BCUT2D eigenvalue weighted by molar-refractivity contribution is 6.38. The first-order chi connectivity index (χ1) is 25.7. The second-order valence-corrected chi connectivity index (χ2v) is 13.1. The van der Waals surface area contributed by atoms with Crippen molar-refractivity contribution in [2.24, 2.45) is 0 Å². The summed E-state index contributed by atoms with van der Waals surface area (Å²) < 4.78 is 11.8. The first-order valence-corrected chi connectivity index (χ1v) is 17.8. The molecule has 3 aromatic carbocycles. The van der Waals surface area contributed by atoms with Gasteiger partial charge in [-0.2, -0.15) is 0 Å². The number of ether oxygens (including phenoxy) is 2. The summed E-state index contributed by atoms with van der Waals surface area (Å²) >= 11 is 13.4. The summed E-state index contributed by atoms with van der Waals surface area (Å²) in [5.41, 5.74) is 5.53. The van der Waals surface area contributed by atoms with Gasteiger partial charge in [-0.3, -0.25) is 19.4 Å². The van der Waals surface area contributed by atoms with Crippen LogP contribution in [-0.4, -0.2) is 67.6 Å². The molecule has 53 heavy (non-hydrogen) atoms. The number of amides is 3. The third-order valence-corrected chi connectivity index (χ3v) is 9.48. The zero-order valence-corrected chi connectivity index (χ0v) is 30.8. The quantitative estimate of drug-likeness (QED) is 0.141. The minimum atomic E-state index is -0.462. The monoisotopic (exact) mass is 752 g/mol. The molecule has 5 aromatic rings. The van der Waals surface area contributed by atoms with Crippen molar-refractivity contribution in [3.8, 4) is 5.75 Å². The van der Waals surface area contributed by atoms with E-state index in [4.69, 9.17) is 37.7 Å². The summed E-state index contributed by atoms with van der Waals surface area (Å²) in [7, 11) is 1.57. The van der Waals surface area contributed by atoms with Crippen LogP contribution < -0.4 is 25.2 Å².